The number of nitrogens with one attached hydrogen (secondary N) is 2. The number of fused-ring (bicyclic) bond motifs is 1. The number of likely N-dealkylation sites (tertiary alicyclic amines) is 1. The van der Waals surface area contributed by atoms with E-state index in [0.29, 0.717) is 23.2 Å². The molecular weight excluding hydrogens is 468 g/mol. The van der Waals surface area contributed by atoms with E-state index in [1.165, 1.54) is 4.90 Å². The summed E-state index contributed by atoms with van der Waals surface area (Å²) in [5, 5.41) is 5.98. The normalized spacial score (nSPS) is 15.9. The van der Waals surface area contributed by atoms with Crippen LogP contribution in [0.15, 0.2) is 78.9 Å². The standard InChI is InChI=1S/C29H28N4O4/c34-26(30-22-6-2-1-3-7-22)19-32-16-14-23(15-17-32)31-27(35)21-12-10-20(11-13-21)18-33-28(36)24-8-4-5-9-25(24)29(33)37/h1-13,23H,14-19H2,(H,30,34)(H,31,35). The third kappa shape index (κ3) is 5.59. The molecule has 188 valence electrons. The number of hydrogen-bond acceptors (Lipinski definition) is 5. The van der Waals surface area contributed by atoms with E-state index in [1.54, 1.807) is 48.5 Å². The van der Waals surface area contributed by atoms with Crippen LogP contribution in [-0.4, -0.2) is 59.1 Å². The Hall–Kier alpha value is -4.30. The minimum Gasteiger partial charge on any atom is -0.349 e. The molecule has 0 radical (unpaired) electrons. The van der Waals surface area contributed by atoms with Gasteiger partial charge in [-0.1, -0.05) is 42.5 Å². The third-order valence-corrected chi connectivity index (χ3v) is 6.78. The maximum absolute atomic E-state index is 12.8. The van der Waals surface area contributed by atoms with E-state index in [1.807, 2.05) is 30.3 Å². The molecule has 8 nitrogen and oxygen atoms in total. The second-order valence-corrected chi connectivity index (χ2v) is 9.38. The molecule has 0 aliphatic carbocycles. The highest BCUT2D eigenvalue weighted by atomic mass is 16.2. The molecule has 4 amide bonds. The topological polar surface area (TPSA) is 98.8 Å². The van der Waals surface area contributed by atoms with Gasteiger partial charge in [-0.25, -0.2) is 0 Å². The minimum absolute atomic E-state index is 0.0407. The Labute approximate surface area is 215 Å². The van der Waals surface area contributed by atoms with Gasteiger partial charge in [0.1, 0.15) is 0 Å². The smallest absolute Gasteiger partial charge is 0.261 e. The molecular formula is C29H28N4O4. The third-order valence-electron chi connectivity index (χ3n) is 6.78. The van der Waals surface area contributed by atoms with Crippen LogP contribution >= 0.6 is 0 Å². The highest BCUT2D eigenvalue weighted by Gasteiger charge is 2.35. The van der Waals surface area contributed by atoms with Crippen LogP contribution in [0.3, 0.4) is 0 Å². The van der Waals surface area contributed by atoms with Crippen molar-refractivity contribution < 1.29 is 19.2 Å². The zero-order valence-electron chi connectivity index (χ0n) is 20.4. The number of hydrogen-bond donors (Lipinski definition) is 2. The van der Waals surface area contributed by atoms with Crippen molar-refractivity contribution in [2.75, 3.05) is 25.0 Å². The number of benzene rings is 3. The maximum atomic E-state index is 12.8. The van der Waals surface area contributed by atoms with Crippen LogP contribution in [0, 0.1) is 0 Å². The number of rotatable bonds is 7. The van der Waals surface area contributed by atoms with Crippen LogP contribution in [0.25, 0.3) is 0 Å². The molecule has 0 saturated carbocycles. The van der Waals surface area contributed by atoms with Crippen molar-refractivity contribution in [3.63, 3.8) is 0 Å². The molecule has 37 heavy (non-hydrogen) atoms. The van der Waals surface area contributed by atoms with E-state index >= 15 is 0 Å². The second-order valence-electron chi connectivity index (χ2n) is 9.38. The molecule has 1 fully saturated rings. The van der Waals surface area contributed by atoms with E-state index in [0.717, 1.165) is 37.2 Å². The summed E-state index contributed by atoms with van der Waals surface area (Å²) in [6.45, 7) is 1.94. The lowest BCUT2D eigenvalue weighted by Crippen LogP contribution is -2.46. The Balaban J connectivity index is 1.08. The average molecular weight is 497 g/mol. The summed E-state index contributed by atoms with van der Waals surface area (Å²) in [4.78, 5) is 53.6. The van der Waals surface area contributed by atoms with Crippen LogP contribution < -0.4 is 10.6 Å². The maximum Gasteiger partial charge on any atom is 0.261 e. The van der Waals surface area contributed by atoms with Crippen molar-refractivity contribution in [2.45, 2.75) is 25.4 Å². The van der Waals surface area contributed by atoms with Crippen molar-refractivity contribution in [1.82, 2.24) is 15.1 Å². The first-order chi connectivity index (χ1) is 18.0. The predicted molar refractivity (Wildman–Crippen MR) is 139 cm³/mol. The van der Waals surface area contributed by atoms with Crippen LogP contribution in [0.2, 0.25) is 0 Å². The van der Waals surface area contributed by atoms with Crippen molar-refractivity contribution in [2.24, 2.45) is 0 Å². The molecule has 0 bridgehead atoms. The second kappa shape index (κ2) is 10.8. The number of amides is 4. The van der Waals surface area contributed by atoms with Gasteiger partial charge in [0.15, 0.2) is 0 Å². The number of carbonyl (C=O) groups excluding carboxylic acids is 4. The van der Waals surface area contributed by atoms with Gasteiger partial charge in [-0.3, -0.25) is 29.0 Å². The summed E-state index contributed by atoms with van der Waals surface area (Å²) in [6.07, 6.45) is 1.53. The highest BCUT2D eigenvalue weighted by molar-refractivity contribution is 6.21. The van der Waals surface area contributed by atoms with Gasteiger partial charge in [0.05, 0.1) is 24.2 Å². The van der Waals surface area contributed by atoms with Gasteiger partial charge in [0.25, 0.3) is 17.7 Å². The molecule has 2 N–H and O–H groups in total. The average Bonchev–Trinajstić information content (AvgIpc) is 3.15. The van der Waals surface area contributed by atoms with Gasteiger partial charge in [0.2, 0.25) is 5.91 Å². The quantitative estimate of drug-likeness (QED) is 0.489. The predicted octanol–water partition coefficient (Wildman–Crippen LogP) is 3.32. The molecule has 5 rings (SSSR count). The van der Waals surface area contributed by atoms with Gasteiger partial charge in [0, 0.05) is 30.4 Å². The molecule has 2 heterocycles. The monoisotopic (exact) mass is 496 g/mol. The molecule has 0 atom stereocenters. The molecule has 0 spiro atoms. The molecule has 0 aromatic heterocycles. The summed E-state index contributed by atoms with van der Waals surface area (Å²) in [7, 11) is 0. The highest BCUT2D eigenvalue weighted by Crippen LogP contribution is 2.24. The first-order valence-corrected chi connectivity index (χ1v) is 12.4. The van der Waals surface area contributed by atoms with Crippen LogP contribution in [0.1, 0.15) is 49.5 Å². The Bertz CT molecular complexity index is 1280. The molecule has 2 aliphatic heterocycles. The van der Waals surface area contributed by atoms with E-state index in [9.17, 15) is 19.2 Å². The minimum atomic E-state index is -0.300. The lowest BCUT2D eigenvalue weighted by molar-refractivity contribution is -0.117. The van der Waals surface area contributed by atoms with Gasteiger partial charge >= 0.3 is 0 Å². The van der Waals surface area contributed by atoms with Crippen LogP contribution in [-0.2, 0) is 11.3 Å². The van der Waals surface area contributed by atoms with Crippen LogP contribution in [0.5, 0.6) is 0 Å². The van der Waals surface area contributed by atoms with E-state index < -0.39 is 0 Å². The van der Waals surface area contributed by atoms with Gasteiger partial charge in [-0.15, -0.1) is 0 Å². The Morgan fingerprint density at radius 2 is 1.38 bits per heavy atom. The molecule has 3 aromatic rings. The van der Waals surface area contributed by atoms with Gasteiger partial charge < -0.3 is 10.6 Å². The first-order valence-electron chi connectivity index (χ1n) is 12.4. The fraction of sp³-hybridized carbons (Fsp3) is 0.241. The lowest BCUT2D eigenvalue weighted by atomic mass is 10.0. The van der Waals surface area contributed by atoms with Gasteiger partial charge in [-0.05, 0) is 54.8 Å². The summed E-state index contributed by atoms with van der Waals surface area (Å²) in [5.74, 6) is -0.805. The SMILES string of the molecule is O=C(CN1CCC(NC(=O)c2ccc(CN3C(=O)c4ccccc4C3=O)cc2)CC1)Nc1ccccc1. The lowest BCUT2D eigenvalue weighted by Gasteiger charge is -2.31. The summed E-state index contributed by atoms with van der Waals surface area (Å²) in [5.41, 5.74) is 2.92. The zero-order chi connectivity index (χ0) is 25.8. The Kier molecular flexibility index (Phi) is 7.09. The van der Waals surface area contributed by atoms with E-state index in [4.69, 9.17) is 0 Å². The fourth-order valence-corrected chi connectivity index (χ4v) is 4.76. The number of para-hydroxylation sites is 1. The molecule has 8 heteroatoms. The van der Waals surface area contributed by atoms with Crippen LogP contribution in [0.4, 0.5) is 5.69 Å². The summed E-state index contributed by atoms with van der Waals surface area (Å²) in [6, 6.07) is 23.2. The molecule has 1 saturated heterocycles. The number of piperidine rings is 1. The number of nitrogens with zero attached hydrogens (tertiary/aromatic N) is 2. The van der Waals surface area contributed by atoms with E-state index in [-0.39, 0.29) is 36.2 Å². The fourth-order valence-electron chi connectivity index (χ4n) is 4.76. The largest absolute Gasteiger partial charge is 0.349 e. The van der Waals surface area contributed by atoms with Crippen molar-refractivity contribution in [1.29, 1.82) is 0 Å². The number of imide groups is 1. The van der Waals surface area contributed by atoms with E-state index in [2.05, 4.69) is 15.5 Å². The Morgan fingerprint density at radius 1 is 0.784 bits per heavy atom. The first kappa shape index (κ1) is 24.4. The van der Waals surface area contributed by atoms with Crippen molar-refractivity contribution >= 4 is 29.3 Å². The number of carbonyl (C=O) groups is 4. The number of anilines is 1. The molecule has 2 aliphatic rings. The van der Waals surface area contributed by atoms with Crippen molar-refractivity contribution in [3.05, 3.63) is 101 Å². The summed E-state index contributed by atoms with van der Waals surface area (Å²) >= 11 is 0. The summed E-state index contributed by atoms with van der Waals surface area (Å²) < 4.78 is 0. The van der Waals surface area contributed by atoms with Gasteiger partial charge in [-0.2, -0.15) is 0 Å². The molecule has 3 aromatic carbocycles. The van der Waals surface area contributed by atoms with Crippen molar-refractivity contribution in [3.8, 4) is 0 Å². The zero-order valence-corrected chi connectivity index (χ0v) is 20.4. The molecule has 0 unspecified atom stereocenters. The Morgan fingerprint density at radius 3 is 2.00 bits per heavy atom.